The second kappa shape index (κ2) is 3.67. The van der Waals surface area contributed by atoms with Crippen LogP contribution in [-0.2, 0) is 6.42 Å². The molecule has 2 unspecified atom stereocenters. The van der Waals surface area contributed by atoms with Crippen molar-refractivity contribution in [1.82, 2.24) is 0 Å². The van der Waals surface area contributed by atoms with Gasteiger partial charge in [-0.25, -0.2) is 0 Å². The van der Waals surface area contributed by atoms with Crippen LogP contribution < -0.4 is 15.4 Å². The first-order valence-corrected chi connectivity index (χ1v) is 5.97. The zero-order chi connectivity index (χ0) is 11.1. The van der Waals surface area contributed by atoms with Gasteiger partial charge >= 0.3 is 0 Å². The van der Waals surface area contributed by atoms with Crippen molar-refractivity contribution in [2.75, 3.05) is 25.1 Å². The molecule has 0 spiro atoms. The fourth-order valence-electron chi connectivity index (χ4n) is 3.10. The Hall–Kier alpha value is -1.22. The van der Waals surface area contributed by atoms with Crippen molar-refractivity contribution in [2.24, 2.45) is 11.7 Å². The molecule has 2 aliphatic heterocycles. The van der Waals surface area contributed by atoms with Crippen LogP contribution in [0.25, 0.3) is 0 Å². The molecule has 0 amide bonds. The molecule has 16 heavy (non-hydrogen) atoms. The Bertz CT molecular complexity index is 405. The molecule has 86 valence electrons. The van der Waals surface area contributed by atoms with Crippen molar-refractivity contribution in [3.63, 3.8) is 0 Å². The summed E-state index contributed by atoms with van der Waals surface area (Å²) in [5.74, 6) is 1.62. The number of nitrogens with two attached hydrogens (primary N) is 1. The van der Waals surface area contributed by atoms with Crippen LogP contribution in [0.5, 0.6) is 5.75 Å². The van der Waals surface area contributed by atoms with E-state index < -0.39 is 0 Å². The molecule has 0 saturated carbocycles. The van der Waals surface area contributed by atoms with Gasteiger partial charge in [-0.15, -0.1) is 0 Å². The second-order valence-corrected chi connectivity index (χ2v) is 4.74. The number of ether oxygens (including phenoxy) is 1. The lowest BCUT2D eigenvalue weighted by Crippen LogP contribution is -2.32. The normalized spacial score (nSPS) is 26.8. The van der Waals surface area contributed by atoms with E-state index in [1.807, 2.05) is 0 Å². The largest absolute Gasteiger partial charge is 0.497 e. The van der Waals surface area contributed by atoms with Crippen molar-refractivity contribution in [1.29, 1.82) is 0 Å². The van der Waals surface area contributed by atoms with Gasteiger partial charge in [0, 0.05) is 24.3 Å². The van der Waals surface area contributed by atoms with Gasteiger partial charge in [-0.05, 0) is 36.9 Å². The molecule has 1 aromatic carbocycles. The molecular weight excluding hydrogens is 200 g/mol. The number of benzene rings is 1. The maximum absolute atomic E-state index is 5.83. The van der Waals surface area contributed by atoms with Crippen LogP contribution in [0, 0.1) is 5.92 Å². The number of anilines is 1. The lowest BCUT2D eigenvalue weighted by Gasteiger charge is -2.21. The van der Waals surface area contributed by atoms with Crippen molar-refractivity contribution < 1.29 is 4.74 Å². The highest BCUT2D eigenvalue weighted by atomic mass is 16.5. The summed E-state index contributed by atoms with van der Waals surface area (Å²) in [6.45, 7) is 1.96. The number of rotatable bonds is 2. The molecule has 0 bridgehead atoms. The Morgan fingerprint density at radius 2 is 2.38 bits per heavy atom. The van der Waals surface area contributed by atoms with Crippen LogP contribution in [0.3, 0.4) is 0 Å². The summed E-state index contributed by atoms with van der Waals surface area (Å²) in [5, 5.41) is 0. The average Bonchev–Trinajstić information content (AvgIpc) is 2.86. The average molecular weight is 218 g/mol. The molecular formula is C13H18N2O. The van der Waals surface area contributed by atoms with E-state index in [-0.39, 0.29) is 0 Å². The lowest BCUT2D eigenvalue weighted by atomic mass is 9.97. The van der Waals surface area contributed by atoms with Crippen molar-refractivity contribution in [3.8, 4) is 5.75 Å². The third kappa shape index (κ3) is 1.31. The monoisotopic (exact) mass is 218 g/mol. The maximum Gasteiger partial charge on any atom is 0.120 e. The SMILES string of the molecule is COc1ccc2c(c1)N1CCC(CN)C1C2. The van der Waals surface area contributed by atoms with Crippen molar-refractivity contribution in [2.45, 2.75) is 18.9 Å². The predicted molar refractivity (Wildman–Crippen MR) is 65.0 cm³/mol. The first kappa shape index (κ1) is 9.97. The van der Waals surface area contributed by atoms with E-state index in [0.29, 0.717) is 12.0 Å². The maximum atomic E-state index is 5.83. The number of hydrogen-bond donors (Lipinski definition) is 1. The molecule has 3 rings (SSSR count). The molecule has 3 heteroatoms. The van der Waals surface area contributed by atoms with Crippen LogP contribution in [0.4, 0.5) is 5.69 Å². The minimum atomic E-state index is 0.632. The van der Waals surface area contributed by atoms with E-state index in [9.17, 15) is 0 Å². The number of fused-ring (bicyclic) bond motifs is 3. The first-order valence-electron chi connectivity index (χ1n) is 5.97. The van der Waals surface area contributed by atoms with E-state index >= 15 is 0 Å². The Balaban J connectivity index is 1.95. The zero-order valence-corrected chi connectivity index (χ0v) is 9.65. The van der Waals surface area contributed by atoms with Crippen LogP contribution in [0.1, 0.15) is 12.0 Å². The molecule has 1 fully saturated rings. The van der Waals surface area contributed by atoms with E-state index in [2.05, 4.69) is 23.1 Å². The Labute approximate surface area is 96.2 Å². The fourth-order valence-corrected chi connectivity index (χ4v) is 3.10. The summed E-state index contributed by atoms with van der Waals surface area (Å²) in [5.41, 5.74) is 8.64. The molecule has 2 heterocycles. The fraction of sp³-hybridized carbons (Fsp3) is 0.538. The standard InChI is InChI=1S/C13H18N2O/c1-16-11-3-2-9-6-12-10(8-14)4-5-15(12)13(9)7-11/h2-3,7,10,12H,4-6,8,14H2,1H3. The highest BCUT2D eigenvalue weighted by Crippen LogP contribution is 2.41. The van der Waals surface area contributed by atoms with Gasteiger partial charge in [0.05, 0.1) is 7.11 Å². The van der Waals surface area contributed by atoms with Gasteiger partial charge in [0.1, 0.15) is 5.75 Å². The highest BCUT2D eigenvalue weighted by molar-refractivity contribution is 5.63. The van der Waals surface area contributed by atoms with Gasteiger partial charge in [-0.2, -0.15) is 0 Å². The molecule has 2 N–H and O–H groups in total. The Morgan fingerprint density at radius 1 is 1.50 bits per heavy atom. The van der Waals surface area contributed by atoms with Crippen LogP contribution in [-0.4, -0.2) is 26.2 Å². The van der Waals surface area contributed by atoms with Crippen LogP contribution >= 0.6 is 0 Å². The van der Waals surface area contributed by atoms with Gasteiger partial charge < -0.3 is 15.4 Å². The second-order valence-electron chi connectivity index (χ2n) is 4.74. The zero-order valence-electron chi connectivity index (χ0n) is 9.65. The molecule has 0 aromatic heterocycles. The van der Waals surface area contributed by atoms with Gasteiger partial charge in [-0.1, -0.05) is 6.07 Å². The summed E-state index contributed by atoms with van der Waals surface area (Å²) < 4.78 is 5.29. The van der Waals surface area contributed by atoms with Crippen LogP contribution in [0.15, 0.2) is 18.2 Å². The molecule has 0 aliphatic carbocycles. The summed E-state index contributed by atoms with van der Waals surface area (Å²) in [6, 6.07) is 7.04. The Kier molecular flexibility index (Phi) is 2.28. The molecule has 3 nitrogen and oxygen atoms in total. The summed E-state index contributed by atoms with van der Waals surface area (Å²) in [6.07, 6.45) is 2.39. The first-order chi connectivity index (χ1) is 7.83. The van der Waals surface area contributed by atoms with Crippen molar-refractivity contribution in [3.05, 3.63) is 23.8 Å². The van der Waals surface area contributed by atoms with E-state index in [1.54, 1.807) is 7.11 Å². The van der Waals surface area contributed by atoms with E-state index in [0.717, 1.165) is 25.3 Å². The predicted octanol–water partition coefficient (Wildman–Crippen LogP) is 1.40. The number of nitrogens with zero attached hydrogens (tertiary/aromatic N) is 1. The molecule has 0 radical (unpaired) electrons. The third-order valence-corrected chi connectivity index (χ3v) is 4.02. The summed E-state index contributed by atoms with van der Waals surface area (Å²) in [7, 11) is 1.72. The summed E-state index contributed by atoms with van der Waals surface area (Å²) >= 11 is 0. The molecule has 1 saturated heterocycles. The summed E-state index contributed by atoms with van der Waals surface area (Å²) in [4.78, 5) is 2.51. The Morgan fingerprint density at radius 3 is 3.12 bits per heavy atom. The molecule has 1 aromatic rings. The topological polar surface area (TPSA) is 38.5 Å². The third-order valence-electron chi connectivity index (χ3n) is 4.02. The van der Waals surface area contributed by atoms with Crippen LogP contribution in [0.2, 0.25) is 0 Å². The molecule has 2 atom stereocenters. The highest BCUT2D eigenvalue weighted by Gasteiger charge is 2.39. The quantitative estimate of drug-likeness (QED) is 0.815. The van der Waals surface area contributed by atoms with E-state index in [1.165, 1.54) is 17.7 Å². The van der Waals surface area contributed by atoms with Crippen molar-refractivity contribution >= 4 is 5.69 Å². The van der Waals surface area contributed by atoms with E-state index in [4.69, 9.17) is 10.5 Å². The number of hydrogen-bond acceptors (Lipinski definition) is 3. The lowest BCUT2D eigenvalue weighted by molar-refractivity contribution is 0.415. The van der Waals surface area contributed by atoms with Gasteiger partial charge in [0.15, 0.2) is 0 Å². The minimum absolute atomic E-state index is 0.632. The van der Waals surface area contributed by atoms with Gasteiger partial charge in [-0.3, -0.25) is 0 Å². The number of methoxy groups -OCH3 is 1. The molecule has 2 aliphatic rings. The van der Waals surface area contributed by atoms with Gasteiger partial charge in [0.25, 0.3) is 0 Å². The van der Waals surface area contributed by atoms with Gasteiger partial charge in [0.2, 0.25) is 0 Å². The smallest absolute Gasteiger partial charge is 0.120 e. The minimum Gasteiger partial charge on any atom is -0.497 e.